The van der Waals surface area contributed by atoms with Crippen LogP contribution >= 0.6 is 12.4 Å². The van der Waals surface area contributed by atoms with E-state index in [-0.39, 0.29) is 36.7 Å². The summed E-state index contributed by atoms with van der Waals surface area (Å²) in [6.07, 6.45) is 0.962. The Morgan fingerprint density at radius 3 is 2.33 bits per heavy atom. The number of carbonyl (C=O) groups is 2. The van der Waals surface area contributed by atoms with Gasteiger partial charge in [0.05, 0.1) is 19.2 Å². The molecule has 6 nitrogen and oxygen atoms in total. The van der Waals surface area contributed by atoms with Crippen molar-refractivity contribution >= 4 is 24.2 Å². The van der Waals surface area contributed by atoms with Crippen LogP contribution < -0.4 is 21.1 Å². The van der Waals surface area contributed by atoms with E-state index in [1.807, 2.05) is 38.1 Å². The van der Waals surface area contributed by atoms with Crippen LogP contribution in [0.15, 0.2) is 24.3 Å². The molecular formula is C17H28ClN3O3. The molecule has 1 atom stereocenters. The predicted octanol–water partition coefficient (Wildman–Crippen LogP) is 1.61. The summed E-state index contributed by atoms with van der Waals surface area (Å²) in [6.45, 7) is 6.79. The summed E-state index contributed by atoms with van der Waals surface area (Å²) in [5.74, 6) is 0.288. The largest absolute Gasteiger partial charge is 0.494 e. The number of benzene rings is 1. The fourth-order valence-electron chi connectivity index (χ4n) is 1.77. The Bertz CT molecular complexity index is 506. The van der Waals surface area contributed by atoms with E-state index in [9.17, 15) is 9.59 Å². The van der Waals surface area contributed by atoms with Crippen LogP contribution in [0.4, 0.5) is 0 Å². The molecule has 0 spiro atoms. The summed E-state index contributed by atoms with van der Waals surface area (Å²) >= 11 is 0. The first-order valence-corrected chi connectivity index (χ1v) is 7.95. The number of halogens is 1. The van der Waals surface area contributed by atoms with Gasteiger partial charge in [0.15, 0.2) is 0 Å². The second-order valence-electron chi connectivity index (χ2n) is 5.76. The van der Waals surface area contributed by atoms with Crippen molar-refractivity contribution < 1.29 is 14.3 Å². The Hall–Kier alpha value is -1.79. The highest BCUT2D eigenvalue weighted by Gasteiger charge is 2.17. The zero-order valence-electron chi connectivity index (χ0n) is 14.5. The Kier molecular flexibility index (Phi) is 10.8. The first-order chi connectivity index (χ1) is 10.9. The van der Waals surface area contributed by atoms with E-state index < -0.39 is 6.04 Å². The van der Waals surface area contributed by atoms with Gasteiger partial charge in [-0.05, 0) is 30.0 Å². The topological polar surface area (TPSA) is 93.5 Å². The van der Waals surface area contributed by atoms with Crippen LogP contribution in [-0.2, 0) is 16.1 Å². The van der Waals surface area contributed by atoms with E-state index >= 15 is 0 Å². The Morgan fingerprint density at radius 1 is 1.17 bits per heavy atom. The molecule has 7 heteroatoms. The van der Waals surface area contributed by atoms with Crippen molar-refractivity contribution in [1.82, 2.24) is 10.6 Å². The fourth-order valence-corrected chi connectivity index (χ4v) is 1.77. The van der Waals surface area contributed by atoms with Crippen molar-refractivity contribution in [1.29, 1.82) is 0 Å². The maximum atomic E-state index is 11.7. The average Bonchev–Trinajstić information content (AvgIpc) is 2.55. The number of ether oxygens (including phenoxy) is 1. The quantitative estimate of drug-likeness (QED) is 0.626. The third-order valence-electron chi connectivity index (χ3n) is 3.33. The number of amides is 2. The average molecular weight is 358 g/mol. The summed E-state index contributed by atoms with van der Waals surface area (Å²) in [7, 11) is 0. The second-order valence-corrected chi connectivity index (χ2v) is 5.76. The van der Waals surface area contributed by atoms with Crippen molar-refractivity contribution in [3.05, 3.63) is 29.8 Å². The molecule has 1 rings (SSSR count). The smallest absolute Gasteiger partial charge is 0.239 e. The zero-order valence-corrected chi connectivity index (χ0v) is 15.3. The van der Waals surface area contributed by atoms with Crippen molar-refractivity contribution in [2.45, 2.75) is 39.8 Å². The van der Waals surface area contributed by atoms with Gasteiger partial charge in [0.1, 0.15) is 5.75 Å². The molecule has 1 aromatic rings. The van der Waals surface area contributed by atoms with E-state index in [4.69, 9.17) is 10.5 Å². The number of nitrogens with one attached hydrogen (secondary N) is 2. The molecule has 4 N–H and O–H groups in total. The van der Waals surface area contributed by atoms with Gasteiger partial charge in [-0.1, -0.05) is 32.9 Å². The molecule has 1 aromatic carbocycles. The maximum absolute atomic E-state index is 11.7. The number of hydrogen-bond acceptors (Lipinski definition) is 4. The van der Waals surface area contributed by atoms with Crippen LogP contribution in [0.3, 0.4) is 0 Å². The highest BCUT2D eigenvalue weighted by atomic mass is 35.5. The fraction of sp³-hybridized carbons (Fsp3) is 0.529. The number of carbonyl (C=O) groups excluding carboxylic acids is 2. The zero-order chi connectivity index (χ0) is 17.2. The summed E-state index contributed by atoms with van der Waals surface area (Å²) in [5.41, 5.74) is 6.67. The van der Waals surface area contributed by atoms with Gasteiger partial charge >= 0.3 is 0 Å². The SMILES string of the molecule is CCCOc1ccc(CNC(=O)CNC(=O)[C@@H](N)C(C)C)cc1.Cl. The molecule has 24 heavy (non-hydrogen) atoms. The van der Waals surface area contributed by atoms with Crippen LogP contribution in [-0.4, -0.2) is 31.0 Å². The highest BCUT2D eigenvalue weighted by Crippen LogP contribution is 2.12. The minimum atomic E-state index is -0.599. The Labute approximate surface area is 149 Å². The molecule has 0 fully saturated rings. The van der Waals surface area contributed by atoms with Crippen molar-refractivity contribution in [2.75, 3.05) is 13.2 Å². The van der Waals surface area contributed by atoms with Crippen molar-refractivity contribution in [3.8, 4) is 5.75 Å². The standard InChI is InChI=1S/C17H27N3O3.ClH/c1-4-9-23-14-7-5-13(6-8-14)10-19-15(21)11-20-17(22)16(18)12(2)3;/h5-8,12,16H,4,9-11,18H2,1-3H3,(H,19,21)(H,20,22);1H/t16-;/m0./s1. The summed E-state index contributed by atoms with van der Waals surface area (Å²) in [6, 6.07) is 6.96. The molecule has 0 radical (unpaired) electrons. The van der Waals surface area contributed by atoms with Crippen LogP contribution in [0.5, 0.6) is 5.75 Å². The van der Waals surface area contributed by atoms with Gasteiger partial charge in [-0.3, -0.25) is 9.59 Å². The predicted molar refractivity (Wildman–Crippen MR) is 97.1 cm³/mol. The molecule has 2 amide bonds. The van der Waals surface area contributed by atoms with E-state index in [1.165, 1.54) is 0 Å². The lowest BCUT2D eigenvalue weighted by Gasteiger charge is -2.15. The van der Waals surface area contributed by atoms with E-state index in [0.29, 0.717) is 13.2 Å². The molecule has 0 saturated heterocycles. The molecule has 0 aromatic heterocycles. The highest BCUT2D eigenvalue weighted by molar-refractivity contribution is 5.87. The third-order valence-corrected chi connectivity index (χ3v) is 3.33. The molecule has 0 unspecified atom stereocenters. The van der Waals surface area contributed by atoms with Crippen molar-refractivity contribution in [3.63, 3.8) is 0 Å². The molecule has 0 aliphatic heterocycles. The maximum Gasteiger partial charge on any atom is 0.239 e. The number of rotatable bonds is 9. The third kappa shape index (κ3) is 8.17. The molecule has 0 bridgehead atoms. The van der Waals surface area contributed by atoms with E-state index in [2.05, 4.69) is 17.6 Å². The lowest BCUT2D eigenvalue weighted by atomic mass is 10.1. The molecule has 136 valence electrons. The van der Waals surface area contributed by atoms with Gasteiger partial charge in [-0.25, -0.2) is 0 Å². The summed E-state index contributed by atoms with van der Waals surface area (Å²) in [5, 5.41) is 5.29. The lowest BCUT2D eigenvalue weighted by molar-refractivity contribution is -0.127. The number of nitrogens with two attached hydrogens (primary N) is 1. The summed E-state index contributed by atoms with van der Waals surface area (Å²) in [4.78, 5) is 23.4. The monoisotopic (exact) mass is 357 g/mol. The van der Waals surface area contributed by atoms with Gasteiger partial charge in [0.25, 0.3) is 0 Å². The van der Waals surface area contributed by atoms with Crippen LogP contribution in [0, 0.1) is 5.92 Å². The molecule has 0 aliphatic carbocycles. The normalized spacial score (nSPS) is 11.4. The first-order valence-electron chi connectivity index (χ1n) is 7.95. The van der Waals surface area contributed by atoms with Gasteiger partial charge in [-0.2, -0.15) is 0 Å². The molecule has 0 heterocycles. The summed E-state index contributed by atoms with van der Waals surface area (Å²) < 4.78 is 5.50. The Morgan fingerprint density at radius 2 is 1.79 bits per heavy atom. The lowest BCUT2D eigenvalue weighted by Crippen LogP contribution is -2.47. The molecule has 0 saturated carbocycles. The van der Waals surface area contributed by atoms with Crippen LogP contribution in [0.25, 0.3) is 0 Å². The van der Waals surface area contributed by atoms with Gasteiger partial charge < -0.3 is 21.1 Å². The van der Waals surface area contributed by atoms with Crippen molar-refractivity contribution in [2.24, 2.45) is 11.7 Å². The van der Waals surface area contributed by atoms with Crippen LogP contribution in [0.2, 0.25) is 0 Å². The minimum Gasteiger partial charge on any atom is -0.494 e. The van der Waals surface area contributed by atoms with Crippen LogP contribution in [0.1, 0.15) is 32.8 Å². The number of hydrogen-bond donors (Lipinski definition) is 3. The molecule has 0 aliphatic rings. The Balaban J connectivity index is 0.00000529. The van der Waals surface area contributed by atoms with Gasteiger partial charge in [0, 0.05) is 6.54 Å². The molecular weight excluding hydrogens is 330 g/mol. The van der Waals surface area contributed by atoms with E-state index in [1.54, 1.807) is 0 Å². The minimum absolute atomic E-state index is 0. The van der Waals surface area contributed by atoms with E-state index in [0.717, 1.165) is 17.7 Å². The second kappa shape index (κ2) is 11.7. The van der Waals surface area contributed by atoms with Gasteiger partial charge in [0.2, 0.25) is 11.8 Å². The first kappa shape index (κ1) is 22.2. The van der Waals surface area contributed by atoms with Gasteiger partial charge in [-0.15, -0.1) is 12.4 Å².